The first kappa shape index (κ1) is 73.0. The summed E-state index contributed by atoms with van der Waals surface area (Å²) < 4.78 is 84.4. The van der Waals surface area contributed by atoms with Crippen LogP contribution in [0.1, 0.15) is 154 Å². The minimum atomic E-state index is -5.07. The highest BCUT2D eigenvalue weighted by molar-refractivity contribution is 5.93. The number of hydrogen-bond donors (Lipinski definition) is 1. The van der Waals surface area contributed by atoms with Gasteiger partial charge in [-0.1, -0.05) is 76.2 Å². The number of fused-ring (bicyclic) bond motifs is 4. The standard InChI is InChI=1S/C38H45NO8.C23H23NO4.C17H23F3O6/c1-25-7-18-32-26(2)35(44-36-38(32)31(25)21-22-37(3,45-36)46-47-38)43-30-16-10-28(11-17-30)13-20-34(41)42-29-14-8-27(9-15-29)12-19-33(40)39-23-5-4-6-24-39;25-20-10-4-18(5-11-20)9-15-23(27)28-21-12-6-19(7-13-21)8-14-22(26)24-16-2-1-3-17-24;1-8-4-5-11-9(2)12(22-13(21)17(18,19)20)23-14-16(11)10(8)6-7-15(3,24-14)25-26-16/h8-17,19-20,25-26,31-32,35-36H,4-7,18,21-24H2,1-3H3;4-15,25H,1-3,16-17H2;8-12,14H,4-7H2,1-3H3/b19-12+,20-13+;14-8+,15-9+;/t25-,26-,31+,32+,35+,36-,37+,38-;;8-,9-,10+,11+,12?,14-,15+,16-/m1.1/s1. The molecule has 0 aromatic heterocycles. The first-order valence-corrected chi connectivity index (χ1v) is 35.6. The topological polar surface area (TPSA) is 223 Å². The molecule has 0 radical (unpaired) electrons. The molecule has 10 heterocycles. The molecule has 2 saturated carbocycles. The third-order valence-corrected chi connectivity index (χ3v) is 21.9. The molecule has 16 atom stereocenters. The number of aromatic hydroxyl groups is 1. The first-order chi connectivity index (χ1) is 48.4. The lowest BCUT2D eigenvalue weighted by atomic mass is 9.58. The Labute approximate surface area is 586 Å². The molecule has 16 rings (SSSR count). The summed E-state index contributed by atoms with van der Waals surface area (Å²) in [5.74, 6) is -2.49. The Morgan fingerprint density at radius 1 is 0.475 bits per heavy atom. The number of hydrogen-bond acceptors (Lipinski definition) is 18. The summed E-state index contributed by atoms with van der Waals surface area (Å²) in [6, 6.07) is 28.1. The number of halogens is 3. The van der Waals surface area contributed by atoms with Gasteiger partial charge in [-0.3, -0.25) is 9.59 Å². The summed E-state index contributed by atoms with van der Waals surface area (Å²) in [5, 5.41) is 9.24. The molecule has 4 bridgehead atoms. The largest absolute Gasteiger partial charge is 0.508 e. The van der Waals surface area contributed by atoms with Gasteiger partial charge in [-0.25, -0.2) is 33.9 Å². The highest BCUT2D eigenvalue weighted by Crippen LogP contribution is 2.62. The van der Waals surface area contributed by atoms with Crippen LogP contribution in [0, 0.1) is 47.3 Å². The second-order valence-corrected chi connectivity index (χ2v) is 28.8. The fourth-order valence-electron chi connectivity index (χ4n) is 16.3. The Morgan fingerprint density at radius 2 is 0.851 bits per heavy atom. The van der Waals surface area contributed by atoms with Gasteiger partial charge in [-0.05, 0) is 210 Å². The van der Waals surface area contributed by atoms with Crippen LogP contribution in [0.5, 0.6) is 23.0 Å². The molecule has 1 unspecified atom stereocenters. The highest BCUT2D eigenvalue weighted by Gasteiger charge is 2.71. The van der Waals surface area contributed by atoms with Crippen molar-refractivity contribution in [3.8, 4) is 23.0 Å². The summed E-state index contributed by atoms with van der Waals surface area (Å²) in [7, 11) is 0. The van der Waals surface area contributed by atoms with Gasteiger partial charge in [0.1, 0.15) is 23.0 Å². The molecule has 2 aliphatic carbocycles. The number of amides is 2. The van der Waals surface area contributed by atoms with Gasteiger partial charge < -0.3 is 52.8 Å². The van der Waals surface area contributed by atoms with Crippen molar-refractivity contribution in [3.63, 3.8) is 0 Å². The quantitative estimate of drug-likeness (QED) is 0.0568. The van der Waals surface area contributed by atoms with Crippen LogP contribution in [0.3, 0.4) is 0 Å². The van der Waals surface area contributed by atoms with E-state index in [1.54, 1.807) is 111 Å². The maximum Gasteiger partial charge on any atom is 0.491 e. The number of rotatable bonds is 13. The van der Waals surface area contributed by atoms with Gasteiger partial charge in [0.05, 0.1) is 0 Å². The van der Waals surface area contributed by atoms with E-state index in [2.05, 4.69) is 25.5 Å². The molecule has 12 aliphatic rings. The summed E-state index contributed by atoms with van der Waals surface area (Å²) in [4.78, 5) is 87.6. The van der Waals surface area contributed by atoms with Crippen molar-refractivity contribution in [2.75, 3.05) is 26.2 Å². The molecular weight excluding hydrogens is 1310 g/mol. The lowest BCUT2D eigenvalue weighted by Crippen LogP contribution is -2.70. The molecule has 2 amide bonds. The number of carbonyl (C=O) groups excluding carboxylic acids is 5. The molecular formula is C78H91F3N2O18. The van der Waals surface area contributed by atoms with Crippen LogP contribution in [-0.4, -0.2) is 125 Å². The normalized spacial score (nSPS) is 33.4. The Kier molecular flexibility index (Phi) is 22.5. The van der Waals surface area contributed by atoms with E-state index in [1.807, 2.05) is 53.1 Å². The first-order valence-electron chi connectivity index (χ1n) is 35.6. The second kappa shape index (κ2) is 31.1. The average molecular weight is 1400 g/mol. The highest BCUT2D eigenvalue weighted by atomic mass is 19.4. The SMILES string of the molecule is C[C@@H]1CC[C@H]2[C@@H](C)C(OC(=O)C(F)(F)F)O[C@@H]3O[C@]4(C)CC[C@@H]1[C@]32OO4.C[C@H]1[C@@H](Oc2ccc(/C=C/C(=O)Oc3ccc(/C=C/C(=O)N4CCCCC4)cc3)cc2)O[C@@H]2O[C@]3(C)CC[C@H]4[C@H](C)CC[C@@H]1[C@@]24OO3.O=C(/C=C/c1ccc(O)cc1)Oc1ccc(/C=C/C(=O)N2CCCCC2)cc1. The van der Waals surface area contributed by atoms with Crippen LogP contribution >= 0.6 is 0 Å². The molecule has 101 heavy (non-hydrogen) atoms. The van der Waals surface area contributed by atoms with Crippen LogP contribution < -0.4 is 14.2 Å². The van der Waals surface area contributed by atoms with Crippen LogP contribution in [0.15, 0.2) is 121 Å². The number of alkyl halides is 3. The number of esters is 3. The van der Waals surface area contributed by atoms with Crippen molar-refractivity contribution in [3.05, 3.63) is 144 Å². The van der Waals surface area contributed by atoms with Crippen molar-refractivity contribution < 1.29 is 99.7 Å². The van der Waals surface area contributed by atoms with Crippen LogP contribution in [0.2, 0.25) is 0 Å². The average Bonchev–Trinajstić information content (AvgIpc) is 1.68. The minimum Gasteiger partial charge on any atom is -0.508 e. The third-order valence-electron chi connectivity index (χ3n) is 21.9. The minimum absolute atomic E-state index is 0.0349. The predicted molar refractivity (Wildman–Crippen MR) is 362 cm³/mol. The number of ether oxygens (including phenoxy) is 8. The molecule has 4 aromatic carbocycles. The lowest BCUT2D eigenvalue weighted by molar-refractivity contribution is -0.576. The molecule has 1 N–H and O–H groups in total. The number of phenolic OH excluding ortho intramolecular Hbond substituents is 1. The predicted octanol–water partition coefficient (Wildman–Crippen LogP) is 14.3. The maximum atomic E-state index is 12.6. The molecule has 10 saturated heterocycles. The molecule has 12 fully saturated rings. The number of benzene rings is 4. The number of phenols is 1. The van der Waals surface area contributed by atoms with Gasteiger partial charge in [-0.15, -0.1) is 0 Å². The Hall–Kier alpha value is -7.74. The molecule has 2 spiro atoms. The molecule has 20 nitrogen and oxygen atoms in total. The van der Waals surface area contributed by atoms with E-state index in [9.17, 15) is 42.3 Å². The monoisotopic (exact) mass is 1400 g/mol. The Balaban J connectivity index is 0.000000153. The Bertz CT molecular complexity index is 3690. The van der Waals surface area contributed by atoms with Crippen molar-refractivity contribution in [1.82, 2.24) is 9.80 Å². The summed E-state index contributed by atoms with van der Waals surface area (Å²) >= 11 is 0. The van der Waals surface area contributed by atoms with Crippen molar-refractivity contribution in [1.29, 1.82) is 0 Å². The van der Waals surface area contributed by atoms with E-state index in [1.165, 1.54) is 25.0 Å². The van der Waals surface area contributed by atoms with Crippen molar-refractivity contribution in [2.24, 2.45) is 47.3 Å². The van der Waals surface area contributed by atoms with Crippen LogP contribution in [-0.2, 0) is 67.2 Å². The fraction of sp³-hybridized carbons (Fsp3) is 0.526. The molecule has 4 aromatic rings. The molecule has 10 aliphatic heterocycles. The number of nitrogens with zero attached hydrogens (tertiary/aromatic N) is 2. The van der Waals surface area contributed by atoms with E-state index in [4.69, 9.17) is 52.7 Å². The van der Waals surface area contributed by atoms with E-state index < -0.39 is 77.9 Å². The van der Waals surface area contributed by atoms with E-state index in [-0.39, 0.29) is 41.2 Å². The zero-order chi connectivity index (χ0) is 71.3. The summed E-state index contributed by atoms with van der Waals surface area (Å²) in [6.07, 6.45) is 18.0. The summed E-state index contributed by atoms with van der Waals surface area (Å²) in [6.45, 7) is 15.3. The Morgan fingerprint density at radius 3 is 1.27 bits per heavy atom. The molecule has 23 heteroatoms. The lowest BCUT2D eigenvalue weighted by Gasteiger charge is -2.60. The van der Waals surface area contributed by atoms with Gasteiger partial charge in [-0.2, -0.15) is 13.2 Å². The number of carbonyl (C=O) groups is 5. The van der Waals surface area contributed by atoms with E-state index in [0.717, 1.165) is 113 Å². The van der Waals surface area contributed by atoms with Crippen molar-refractivity contribution in [2.45, 2.75) is 186 Å². The van der Waals surface area contributed by atoms with E-state index in [0.29, 0.717) is 47.8 Å². The third kappa shape index (κ3) is 16.7. The second-order valence-electron chi connectivity index (χ2n) is 28.8. The van der Waals surface area contributed by atoms with Crippen LogP contribution in [0.4, 0.5) is 13.2 Å². The van der Waals surface area contributed by atoms with Gasteiger partial charge in [0.15, 0.2) is 23.8 Å². The van der Waals surface area contributed by atoms with Gasteiger partial charge in [0.25, 0.3) is 0 Å². The van der Waals surface area contributed by atoms with E-state index >= 15 is 0 Å². The van der Waals surface area contributed by atoms with Crippen molar-refractivity contribution >= 4 is 54.0 Å². The zero-order valence-corrected chi connectivity index (χ0v) is 57.9. The fourth-order valence-corrected chi connectivity index (χ4v) is 16.3. The summed E-state index contributed by atoms with van der Waals surface area (Å²) in [5.41, 5.74) is 1.83. The van der Waals surface area contributed by atoms with Gasteiger partial charge in [0, 0.05) is 87.0 Å². The number of likely N-dealkylation sites (tertiary alicyclic amines) is 2. The smallest absolute Gasteiger partial charge is 0.491 e. The van der Waals surface area contributed by atoms with Crippen LogP contribution in [0.25, 0.3) is 24.3 Å². The van der Waals surface area contributed by atoms with Gasteiger partial charge >= 0.3 is 24.1 Å². The molecule has 542 valence electrons. The zero-order valence-electron chi connectivity index (χ0n) is 57.9. The maximum absolute atomic E-state index is 12.6. The van der Waals surface area contributed by atoms with Gasteiger partial charge in [0.2, 0.25) is 36.0 Å². The number of piperidine rings is 2.